The molecule has 2 rings (SSSR count). The number of carboxylic acid groups (broad SMARTS) is 1. The molecule has 8 heteroatoms. The van der Waals surface area contributed by atoms with Gasteiger partial charge in [0.05, 0.1) is 11.0 Å². The first-order valence-corrected chi connectivity index (χ1v) is 7.77. The molecule has 1 atom stereocenters. The standard InChI is InChI=1S/C18H18F4O4/c1-8(15(23)24)5-18(7-17(18,3)4)16(25)26-6-10-13(21)11(19)9(2)12(20)14(10)22/h5H,6-7H2,1-4H3,(H,23,24)/b8-5+. The SMILES string of the molecule is C/C(=C\C1(C(=O)OCc2c(F)c(F)c(C)c(F)c2F)CC1(C)C)C(=O)O. The van der Waals surface area contributed by atoms with Gasteiger partial charge < -0.3 is 9.84 Å². The van der Waals surface area contributed by atoms with E-state index in [1.54, 1.807) is 13.8 Å². The van der Waals surface area contributed by atoms with E-state index in [2.05, 4.69) is 0 Å². The summed E-state index contributed by atoms with van der Waals surface area (Å²) < 4.78 is 59.8. The Bertz CT molecular complexity index is 800. The number of halogens is 4. The van der Waals surface area contributed by atoms with E-state index in [1.165, 1.54) is 13.0 Å². The molecular weight excluding hydrogens is 356 g/mol. The molecule has 1 N–H and O–H groups in total. The smallest absolute Gasteiger partial charge is 0.330 e. The Hall–Kier alpha value is -2.38. The first-order valence-electron chi connectivity index (χ1n) is 7.77. The van der Waals surface area contributed by atoms with Gasteiger partial charge in [-0.25, -0.2) is 22.4 Å². The third-order valence-corrected chi connectivity index (χ3v) is 4.89. The largest absolute Gasteiger partial charge is 0.478 e. The highest BCUT2D eigenvalue weighted by Gasteiger charge is 2.66. The summed E-state index contributed by atoms with van der Waals surface area (Å²) in [4.78, 5) is 23.5. The molecule has 0 aliphatic heterocycles. The van der Waals surface area contributed by atoms with Gasteiger partial charge in [-0.2, -0.15) is 0 Å². The van der Waals surface area contributed by atoms with E-state index in [-0.39, 0.29) is 12.0 Å². The van der Waals surface area contributed by atoms with E-state index in [1.807, 2.05) is 0 Å². The van der Waals surface area contributed by atoms with Gasteiger partial charge in [0.2, 0.25) is 0 Å². The maximum Gasteiger partial charge on any atom is 0.330 e. The lowest BCUT2D eigenvalue weighted by Crippen LogP contribution is -2.24. The number of hydrogen-bond acceptors (Lipinski definition) is 3. The van der Waals surface area contributed by atoms with Crippen LogP contribution in [0.1, 0.15) is 38.3 Å². The second-order valence-corrected chi connectivity index (χ2v) is 7.10. The molecule has 1 fully saturated rings. The van der Waals surface area contributed by atoms with E-state index >= 15 is 0 Å². The molecule has 1 aliphatic carbocycles. The van der Waals surface area contributed by atoms with Gasteiger partial charge in [0.1, 0.15) is 6.61 Å². The van der Waals surface area contributed by atoms with E-state index in [4.69, 9.17) is 9.84 Å². The summed E-state index contributed by atoms with van der Waals surface area (Å²) in [6.07, 6.45) is 1.51. The number of benzene rings is 1. The van der Waals surface area contributed by atoms with Gasteiger partial charge in [-0.05, 0) is 25.7 Å². The number of aliphatic carboxylic acids is 1. The molecule has 0 radical (unpaired) electrons. The summed E-state index contributed by atoms with van der Waals surface area (Å²) in [5.74, 6) is -8.51. The maximum absolute atomic E-state index is 13.9. The van der Waals surface area contributed by atoms with Gasteiger partial charge >= 0.3 is 11.9 Å². The van der Waals surface area contributed by atoms with Crippen LogP contribution >= 0.6 is 0 Å². The van der Waals surface area contributed by atoms with Crippen molar-refractivity contribution in [3.05, 3.63) is 46.0 Å². The molecule has 0 bridgehead atoms. The lowest BCUT2D eigenvalue weighted by Gasteiger charge is -2.17. The Morgan fingerprint density at radius 2 is 1.58 bits per heavy atom. The number of hydrogen-bond donors (Lipinski definition) is 1. The molecule has 0 saturated heterocycles. The van der Waals surface area contributed by atoms with E-state index in [0.29, 0.717) is 0 Å². The Morgan fingerprint density at radius 1 is 1.12 bits per heavy atom. The molecule has 0 aromatic heterocycles. The van der Waals surface area contributed by atoms with Crippen LogP contribution in [0.2, 0.25) is 0 Å². The minimum Gasteiger partial charge on any atom is -0.478 e. The molecule has 1 aromatic carbocycles. The van der Waals surface area contributed by atoms with Gasteiger partial charge in [0, 0.05) is 11.1 Å². The van der Waals surface area contributed by atoms with Gasteiger partial charge in [-0.1, -0.05) is 19.9 Å². The first-order chi connectivity index (χ1) is 11.9. The molecule has 1 saturated carbocycles. The predicted molar refractivity (Wildman–Crippen MR) is 83.0 cm³/mol. The zero-order chi connectivity index (χ0) is 20.0. The lowest BCUT2D eigenvalue weighted by molar-refractivity contribution is -0.151. The van der Waals surface area contributed by atoms with Crippen molar-refractivity contribution in [2.45, 2.75) is 40.7 Å². The molecule has 0 heterocycles. The molecule has 1 aliphatic rings. The monoisotopic (exact) mass is 374 g/mol. The number of rotatable bonds is 5. The Balaban J connectivity index is 2.29. The lowest BCUT2D eigenvalue weighted by atomic mass is 9.93. The fraction of sp³-hybridized carbons (Fsp3) is 0.444. The van der Waals surface area contributed by atoms with Crippen molar-refractivity contribution in [1.29, 1.82) is 0 Å². The second kappa shape index (κ2) is 6.41. The normalized spacial score (nSPS) is 21.5. The average molecular weight is 374 g/mol. The highest BCUT2D eigenvalue weighted by molar-refractivity contribution is 5.90. The van der Waals surface area contributed by atoms with E-state index in [0.717, 1.165) is 6.92 Å². The van der Waals surface area contributed by atoms with Crippen LogP contribution in [0.5, 0.6) is 0 Å². The number of esters is 1. The molecule has 1 aromatic rings. The van der Waals surface area contributed by atoms with Crippen molar-refractivity contribution in [2.24, 2.45) is 10.8 Å². The van der Waals surface area contributed by atoms with Gasteiger partial charge in [-0.15, -0.1) is 0 Å². The van der Waals surface area contributed by atoms with Crippen LogP contribution in [-0.2, 0) is 20.9 Å². The van der Waals surface area contributed by atoms with Crippen LogP contribution in [0.4, 0.5) is 17.6 Å². The van der Waals surface area contributed by atoms with Crippen molar-refractivity contribution >= 4 is 11.9 Å². The van der Waals surface area contributed by atoms with Gasteiger partial charge in [-0.3, -0.25) is 4.79 Å². The summed E-state index contributed by atoms with van der Waals surface area (Å²) in [6.45, 7) is 4.57. The molecule has 142 valence electrons. The molecule has 0 amide bonds. The fourth-order valence-electron chi connectivity index (χ4n) is 2.92. The highest BCUT2D eigenvalue weighted by Crippen LogP contribution is 2.65. The molecular formula is C18H18F4O4. The third kappa shape index (κ3) is 3.08. The van der Waals surface area contributed by atoms with Crippen molar-refractivity contribution < 1.29 is 37.0 Å². The first kappa shape index (κ1) is 19.9. The summed E-state index contributed by atoms with van der Waals surface area (Å²) in [6, 6.07) is 0. The predicted octanol–water partition coefficient (Wildman–Crippen LogP) is 4.04. The van der Waals surface area contributed by atoms with Gasteiger partial charge in [0.25, 0.3) is 0 Å². The van der Waals surface area contributed by atoms with Crippen LogP contribution in [0.3, 0.4) is 0 Å². The maximum atomic E-state index is 13.9. The summed E-state index contributed by atoms with van der Waals surface area (Å²) in [5.41, 5.74) is -3.83. The van der Waals surface area contributed by atoms with Crippen LogP contribution in [0.15, 0.2) is 11.6 Å². The summed E-state index contributed by atoms with van der Waals surface area (Å²) >= 11 is 0. The fourth-order valence-corrected chi connectivity index (χ4v) is 2.92. The zero-order valence-corrected chi connectivity index (χ0v) is 14.7. The number of carbonyl (C=O) groups excluding carboxylic acids is 1. The van der Waals surface area contributed by atoms with Crippen LogP contribution in [-0.4, -0.2) is 17.0 Å². The van der Waals surface area contributed by atoms with Crippen molar-refractivity contribution in [2.75, 3.05) is 0 Å². The topological polar surface area (TPSA) is 63.6 Å². The Kier molecular flexibility index (Phi) is 4.91. The van der Waals surface area contributed by atoms with E-state index < -0.39 is 63.8 Å². The Labute approximate surface area is 147 Å². The van der Waals surface area contributed by atoms with Crippen LogP contribution < -0.4 is 0 Å². The molecule has 0 spiro atoms. The summed E-state index contributed by atoms with van der Waals surface area (Å²) in [7, 11) is 0. The van der Waals surface area contributed by atoms with Crippen molar-refractivity contribution in [1.82, 2.24) is 0 Å². The number of carboxylic acids is 1. The minimum atomic E-state index is -1.63. The Morgan fingerprint density at radius 3 is 1.96 bits per heavy atom. The quantitative estimate of drug-likeness (QED) is 0.366. The van der Waals surface area contributed by atoms with Gasteiger partial charge in [0.15, 0.2) is 23.3 Å². The number of ether oxygens (including phenoxy) is 1. The third-order valence-electron chi connectivity index (χ3n) is 4.89. The van der Waals surface area contributed by atoms with Crippen LogP contribution in [0.25, 0.3) is 0 Å². The molecule has 26 heavy (non-hydrogen) atoms. The zero-order valence-electron chi connectivity index (χ0n) is 14.7. The molecule has 4 nitrogen and oxygen atoms in total. The average Bonchev–Trinajstić information content (AvgIpc) is 3.12. The minimum absolute atomic E-state index is 0.0858. The number of carbonyl (C=O) groups is 2. The van der Waals surface area contributed by atoms with E-state index in [9.17, 15) is 27.2 Å². The summed E-state index contributed by atoms with van der Waals surface area (Å²) in [5, 5.41) is 8.99. The van der Waals surface area contributed by atoms with Crippen molar-refractivity contribution in [3.8, 4) is 0 Å². The highest BCUT2D eigenvalue weighted by atomic mass is 19.2. The van der Waals surface area contributed by atoms with Crippen LogP contribution in [0, 0.1) is 41.0 Å². The second-order valence-electron chi connectivity index (χ2n) is 7.10. The molecule has 1 unspecified atom stereocenters. The van der Waals surface area contributed by atoms with Crippen molar-refractivity contribution in [3.63, 3.8) is 0 Å².